The van der Waals surface area contributed by atoms with Crippen molar-refractivity contribution in [2.45, 2.75) is 59.0 Å². The smallest absolute Gasteiger partial charge is 0.110 e. The Morgan fingerprint density at radius 2 is 2.24 bits per heavy atom. The Balaban J connectivity index is 2.03. The van der Waals surface area contributed by atoms with E-state index in [1.165, 1.54) is 25.1 Å². The molecule has 2 rings (SSSR count). The molecule has 0 spiro atoms. The second kappa shape index (κ2) is 5.21. The van der Waals surface area contributed by atoms with Crippen LogP contribution in [0.15, 0.2) is 12.4 Å². The number of likely N-dealkylation sites (N-methyl/N-ethyl adjacent to an activating group) is 1. The van der Waals surface area contributed by atoms with Crippen LogP contribution in [0.5, 0.6) is 0 Å². The van der Waals surface area contributed by atoms with Gasteiger partial charge in [0.25, 0.3) is 0 Å². The van der Waals surface area contributed by atoms with Crippen molar-refractivity contribution in [3.05, 3.63) is 18.2 Å². The fourth-order valence-corrected chi connectivity index (χ4v) is 2.51. The number of hydrogen-bond acceptors (Lipinski definition) is 2. The van der Waals surface area contributed by atoms with E-state index in [2.05, 4.69) is 41.8 Å². The van der Waals surface area contributed by atoms with E-state index in [9.17, 15) is 0 Å². The van der Waals surface area contributed by atoms with Crippen LogP contribution in [0.2, 0.25) is 0 Å². The summed E-state index contributed by atoms with van der Waals surface area (Å²) >= 11 is 0. The molecule has 0 aromatic carbocycles. The first-order valence-corrected chi connectivity index (χ1v) is 6.93. The van der Waals surface area contributed by atoms with Crippen LogP contribution in [0.3, 0.4) is 0 Å². The Kier molecular flexibility index (Phi) is 3.87. The summed E-state index contributed by atoms with van der Waals surface area (Å²) in [6.45, 7) is 8.94. The largest absolute Gasteiger partial charge is 0.335 e. The van der Waals surface area contributed by atoms with Gasteiger partial charge in [0.05, 0.1) is 0 Å². The van der Waals surface area contributed by atoms with Gasteiger partial charge < -0.3 is 9.88 Å². The van der Waals surface area contributed by atoms with Crippen molar-refractivity contribution >= 4 is 0 Å². The molecule has 96 valence electrons. The Bertz CT molecular complexity index is 352. The monoisotopic (exact) mass is 235 g/mol. The quantitative estimate of drug-likeness (QED) is 0.787. The van der Waals surface area contributed by atoms with Crippen molar-refractivity contribution < 1.29 is 0 Å². The zero-order valence-corrected chi connectivity index (χ0v) is 11.4. The van der Waals surface area contributed by atoms with Crippen LogP contribution >= 0.6 is 0 Å². The third-order valence-electron chi connectivity index (χ3n) is 3.98. The predicted octanol–water partition coefficient (Wildman–Crippen LogP) is 2.61. The lowest BCUT2D eigenvalue weighted by Crippen LogP contribution is -2.38. The third-order valence-corrected chi connectivity index (χ3v) is 3.98. The molecule has 1 aromatic heterocycles. The van der Waals surface area contributed by atoms with Gasteiger partial charge in [0.1, 0.15) is 5.82 Å². The lowest BCUT2D eigenvalue weighted by atomic mass is 9.95. The number of imidazole rings is 1. The van der Waals surface area contributed by atoms with E-state index in [1.807, 2.05) is 6.20 Å². The minimum atomic E-state index is 0.513. The summed E-state index contributed by atoms with van der Waals surface area (Å²) in [5, 5.41) is 3.64. The molecule has 1 fully saturated rings. The molecule has 0 radical (unpaired) electrons. The second-order valence-electron chi connectivity index (χ2n) is 5.51. The van der Waals surface area contributed by atoms with Crippen LogP contribution < -0.4 is 5.32 Å². The molecule has 1 aliphatic carbocycles. The van der Waals surface area contributed by atoms with Crippen molar-refractivity contribution in [2.24, 2.45) is 5.41 Å². The summed E-state index contributed by atoms with van der Waals surface area (Å²) in [4.78, 5) is 4.52. The summed E-state index contributed by atoms with van der Waals surface area (Å²) < 4.78 is 2.30. The molecule has 3 nitrogen and oxygen atoms in total. The second-order valence-corrected chi connectivity index (χ2v) is 5.51. The third kappa shape index (κ3) is 2.89. The lowest BCUT2D eigenvalue weighted by molar-refractivity contribution is 0.351. The fourth-order valence-electron chi connectivity index (χ4n) is 2.51. The van der Waals surface area contributed by atoms with Crippen LogP contribution in [-0.4, -0.2) is 22.1 Å². The molecule has 1 saturated carbocycles. The predicted molar refractivity (Wildman–Crippen MR) is 71.0 cm³/mol. The van der Waals surface area contributed by atoms with Gasteiger partial charge in [-0.05, 0) is 31.2 Å². The Hall–Kier alpha value is -0.830. The molecule has 17 heavy (non-hydrogen) atoms. The van der Waals surface area contributed by atoms with Crippen LogP contribution in [0.1, 0.15) is 45.9 Å². The van der Waals surface area contributed by atoms with Gasteiger partial charge in [-0.2, -0.15) is 0 Å². The minimum absolute atomic E-state index is 0.513. The zero-order valence-electron chi connectivity index (χ0n) is 11.4. The van der Waals surface area contributed by atoms with Crippen LogP contribution in [0.25, 0.3) is 0 Å². The van der Waals surface area contributed by atoms with Gasteiger partial charge in [-0.1, -0.05) is 20.8 Å². The standard InChI is InChI=1S/C14H25N3/c1-4-9-17-10-8-16-13(17)11-12(15-5-2)14(3)6-7-14/h8,10,12,15H,4-7,9,11H2,1-3H3. The molecule has 1 unspecified atom stereocenters. The molecule has 0 amide bonds. The van der Waals surface area contributed by atoms with E-state index in [-0.39, 0.29) is 0 Å². The molecule has 3 heteroatoms. The van der Waals surface area contributed by atoms with Crippen molar-refractivity contribution in [3.63, 3.8) is 0 Å². The Morgan fingerprint density at radius 3 is 2.82 bits per heavy atom. The lowest BCUT2D eigenvalue weighted by Gasteiger charge is -2.24. The highest BCUT2D eigenvalue weighted by molar-refractivity contribution is 5.05. The van der Waals surface area contributed by atoms with Gasteiger partial charge in [-0.15, -0.1) is 0 Å². The van der Waals surface area contributed by atoms with Gasteiger partial charge in [0.2, 0.25) is 0 Å². The molecular weight excluding hydrogens is 210 g/mol. The Morgan fingerprint density at radius 1 is 1.47 bits per heavy atom. The van der Waals surface area contributed by atoms with Crippen molar-refractivity contribution in [1.82, 2.24) is 14.9 Å². The zero-order chi connectivity index (χ0) is 12.3. The normalized spacial score (nSPS) is 19.2. The molecule has 1 N–H and O–H groups in total. The molecule has 0 saturated heterocycles. The summed E-state index contributed by atoms with van der Waals surface area (Å²) in [5.74, 6) is 1.24. The highest BCUT2D eigenvalue weighted by Gasteiger charge is 2.44. The molecular formula is C14H25N3. The highest BCUT2D eigenvalue weighted by Crippen LogP contribution is 2.48. The van der Waals surface area contributed by atoms with E-state index in [0.29, 0.717) is 11.5 Å². The van der Waals surface area contributed by atoms with Gasteiger partial charge in [0.15, 0.2) is 0 Å². The van der Waals surface area contributed by atoms with Crippen molar-refractivity contribution in [2.75, 3.05) is 6.54 Å². The van der Waals surface area contributed by atoms with Crippen LogP contribution in [0, 0.1) is 5.41 Å². The minimum Gasteiger partial charge on any atom is -0.335 e. The first kappa shape index (κ1) is 12.6. The average Bonchev–Trinajstić information content (AvgIpc) is 2.90. The number of aromatic nitrogens is 2. The van der Waals surface area contributed by atoms with E-state index < -0.39 is 0 Å². The summed E-state index contributed by atoms with van der Waals surface area (Å²) in [7, 11) is 0. The SMILES string of the molecule is CCCn1ccnc1CC(NCC)C1(C)CC1. The molecule has 1 aromatic rings. The molecule has 0 bridgehead atoms. The van der Waals surface area contributed by atoms with Crippen LogP contribution in [0.4, 0.5) is 0 Å². The van der Waals surface area contributed by atoms with Gasteiger partial charge in [0, 0.05) is 31.4 Å². The fraction of sp³-hybridized carbons (Fsp3) is 0.786. The maximum atomic E-state index is 4.52. The van der Waals surface area contributed by atoms with E-state index in [1.54, 1.807) is 0 Å². The number of nitrogens with one attached hydrogen (secondary N) is 1. The topological polar surface area (TPSA) is 29.9 Å². The van der Waals surface area contributed by atoms with Crippen LogP contribution in [-0.2, 0) is 13.0 Å². The first-order chi connectivity index (χ1) is 8.19. The number of hydrogen-bond donors (Lipinski definition) is 1. The van der Waals surface area contributed by atoms with E-state index >= 15 is 0 Å². The molecule has 1 aliphatic rings. The van der Waals surface area contributed by atoms with Crippen molar-refractivity contribution in [1.29, 1.82) is 0 Å². The molecule has 1 atom stereocenters. The first-order valence-electron chi connectivity index (χ1n) is 6.93. The van der Waals surface area contributed by atoms with E-state index in [4.69, 9.17) is 0 Å². The number of nitrogens with zero attached hydrogens (tertiary/aromatic N) is 2. The van der Waals surface area contributed by atoms with Gasteiger partial charge >= 0.3 is 0 Å². The van der Waals surface area contributed by atoms with Gasteiger partial charge in [-0.25, -0.2) is 4.98 Å². The molecule has 0 aliphatic heterocycles. The molecule has 1 heterocycles. The highest BCUT2D eigenvalue weighted by atomic mass is 15.1. The average molecular weight is 235 g/mol. The summed E-state index contributed by atoms with van der Waals surface area (Å²) in [6, 6.07) is 0.588. The number of aryl methyl sites for hydroxylation is 1. The number of rotatable bonds is 7. The van der Waals surface area contributed by atoms with Gasteiger partial charge in [-0.3, -0.25) is 0 Å². The Labute approximate surface area is 105 Å². The van der Waals surface area contributed by atoms with E-state index in [0.717, 1.165) is 19.5 Å². The van der Waals surface area contributed by atoms with Crippen molar-refractivity contribution in [3.8, 4) is 0 Å². The maximum Gasteiger partial charge on any atom is 0.110 e. The maximum absolute atomic E-state index is 4.52. The summed E-state index contributed by atoms with van der Waals surface area (Å²) in [5.41, 5.74) is 0.513. The summed E-state index contributed by atoms with van der Waals surface area (Å²) in [6.07, 6.45) is 9.00.